The van der Waals surface area contributed by atoms with Crippen molar-refractivity contribution in [1.82, 2.24) is 14.1 Å². The third-order valence-corrected chi connectivity index (χ3v) is 28.7. The first kappa shape index (κ1) is 59.4. The summed E-state index contributed by atoms with van der Waals surface area (Å²) >= 11 is -3.83. The molecule has 0 radical (unpaired) electrons. The van der Waals surface area contributed by atoms with E-state index in [-0.39, 0.29) is 31.9 Å². The fourth-order valence-corrected chi connectivity index (χ4v) is 24.5. The zero-order valence-corrected chi connectivity index (χ0v) is 57.2. The molecule has 12 aromatic carbocycles. The van der Waals surface area contributed by atoms with Crippen molar-refractivity contribution in [2.24, 2.45) is 0 Å². The van der Waals surface area contributed by atoms with E-state index in [1.165, 1.54) is 50.4 Å². The van der Waals surface area contributed by atoms with Gasteiger partial charge < -0.3 is 4.57 Å². The van der Waals surface area contributed by atoms with E-state index in [1.54, 1.807) is 0 Å². The number of ether oxygens (including phenoxy) is 1. The number of pyridine rings is 1. The van der Waals surface area contributed by atoms with Crippen LogP contribution in [0.4, 0.5) is 11.4 Å². The molecule has 3 aromatic heterocycles. The smallest absolute Gasteiger partial charge is 0 e. The minimum absolute atomic E-state index is 0. The molecule has 0 saturated heterocycles. The summed E-state index contributed by atoms with van der Waals surface area (Å²) in [4.78, 5) is 7.33. The molecule has 15 aromatic rings. The molecule has 1 aliphatic heterocycles. The van der Waals surface area contributed by atoms with Gasteiger partial charge in [-0.05, 0) is 45.7 Å². The fourth-order valence-electron chi connectivity index (χ4n) is 14.3. The summed E-state index contributed by atoms with van der Waals surface area (Å²) in [7, 11) is 0. The van der Waals surface area contributed by atoms with Crippen LogP contribution in [-0.2, 0) is 31.9 Å². The Labute approximate surface area is 561 Å². The molecule has 0 fully saturated rings. The molecule has 4 heterocycles. The molecule has 0 amide bonds. The summed E-state index contributed by atoms with van der Waals surface area (Å²) in [5.74, 6) is 1.97. The SMILES string of the molecule is CC(C)(C)c1cc(-c2cccc3c4ccccc4c4ccccc4c4cccc5c4n(c23)[CH-]N5c2[c-]c(Oc3[c-]c4c(cc3)c3c(-c5ccccc5)cccc3n4-c3cc(C(C)(C)C)ccn3)ccc2)c[c]([Ge]([c]2ccccc2)([c]2ccccc2)[c]2ccccc2)c1.[Pt]. The van der Waals surface area contributed by atoms with Crippen LogP contribution in [0.2, 0.25) is 0 Å². The maximum Gasteiger partial charge on any atom is 0 e. The van der Waals surface area contributed by atoms with Crippen molar-refractivity contribution in [1.29, 1.82) is 0 Å². The van der Waals surface area contributed by atoms with E-state index in [0.717, 1.165) is 82.9 Å². The Balaban J connectivity index is 0.00000716. The van der Waals surface area contributed by atoms with E-state index in [4.69, 9.17) is 9.72 Å². The Kier molecular flexibility index (Phi) is 15.1. The van der Waals surface area contributed by atoms with Crippen molar-refractivity contribution in [2.45, 2.75) is 52.4 Å². The number of fused-ring (bicyclic) bond motifs is 10. The summed E-state index contributed by atoms with van der Waals surface area (Å²) in [6, 6.07) is 113. The Morgan fingerprint density at radius 3 is 1.56 bits per heavy atom. The van der Waals surface area contributed by atoms with E-state index >= 15 is 0 Å². The van der Waals surface area contributed by atoms with E-state index in [2.05, 4.69) is 347 Å². The van der Waals surface area contributed by atoms with Crippen LogP contribution in [0.5, 0.6) is 11.5 Å². The standard InChI is InChI=1S/C86H67GeN4O.Pt/c1-85(2,3)60-49-50-88-81(54-60)91-78-45-25-41-69(58-27-11-7-12-28-58)82(78)77-48-47-68(56-80(77)91)92-67-36-23-35-66(55-67)89-57-90-83-70(42-24-43-75(83)73-39-21-19-37-71(73)72-38-20-22-40-74(72)76-44-26-46-79(89)84(76)90)59-51-61(86(4,5)6)53-65(52-59)87(62-29-13-8-14-30-62,63-31-15-9-16-32-63)64-33-17-10-18-34-64;/h7-54,57H,1-6H3;/q-3;. The zero-order chi connectivity index (χ0) is 62.3. The molecule has 0 unspecified atom stereocenters. The van der Waals surface area contributed by atoms with Crippen LogP contribution < -0.4 is 27.2 Å². The summed E-state index contributed by atoms with van der Waals surface area (Å²) < 4.78 is 17.3. The minimum Gasteiger partial charge on any atom is 0 e. The number of hydrogen-bond acceptors (Lipinski definition) is 3. The molecule has 0 aliphatic carbocycles. The molecule has 0 saturated carbocycles. The number of rotatable bonds is 10. The average molecular weight is 1440 g/mol. The van der Waals surface area contributed by atoms with E-state index < -0.39 is 13.3 Å². The van der Waals surface area contributed by atoms with Crippen LogP contribution in [0.25, 0.3) is 93.2 Å². The third-order valence-electron chi connectivity index (χ3n) is 18.7. The van der Waals surface area contributed by atoms with Crippen molar-refractivity contribution >= 4 is 107 Å². The first-order valence-corrected chi connectivity index (χ1v) is 36.0. The molecule has 454 valence electrons. The van der Waals surface area contributed by atoms with Crippen LogP contribution in [-0.4, -0.2) is 27.4 Å². The Morgan fingerprint density at radius 2 is 0.935 bits per heavy atom. The largest absolute Gasteiger partial charge is 0 e. The predicted molar refractivity (Wildman–Crippen MR) is 389 cm³/mol. The number of para-hydroxylation sites is 2. The Hall–Kier alpha value is -9.91. The van der Waals surface area contributed by atoms with Gasteiger partial charge in [-0.2, -0.15) is 6.07 Å². The van der Waals surface area contributed by atoms with Gasteiger partial charge in [-0.3, -0.25) is 0 Å². The molecular formula is C86H67GeN4OPt-3. The van der Waals surface area contributed by atoms with Gasteiger partial charge in [0.1, 0.15) is 5.82 Å². The molecule has 0 N–H and O–H groups in total. The van der Waals surface area contributed by atoms with Gasteiger partial charge in [-0.25, -0.2) is 4.98 Å². The van der Waals surface area contributed by atoms with Crippen LogP contribution in [0, 0.1) is 18.8 Å². The van der Waals surface area contributed by atoms with Crippen molar-refractivity contribution in [3.8, 4) is 39.6 Å². The van der Waals surface area contributed by atoms with Crippen molar-refractivity contribution < 1.29 is 25.8 Å². The van der Waals surface area contributed by atoms with E-state index in [9.17, 15) is 0 Å². The summed E-state index contributed by atoms with van der Waals surface area (Å²) in [6.07, 6.45) is 1.92. The van der Waals surface area contributed by atoms with Gasteiger partial charge in [0.05, 0.1) is 0 Å². The molecule has 0 spiro atoms. The number of aromatic nitrogens is 3. The molecule has 7 heteroatoms. The van der Waals surface area contributed by atoms with Gasteiger partial charge in [0.25, 0.3) is 0 Å². The Morgan fingerprint density at radius 1 is 0.409 bits per heavy atom. The zero-order valence-electron chi connectivity index (χ0n) is 52.8. The van der Waals surface area contributed by atoms with Gasteiger partial charge in [0, 0.05) is 38.5 Å². The fraction of sp³-hybridized carbons (Fsp3) is 0.0930. The molecule has 16 rings (SSSR count). The number of hydrogen-bond donors (Lipinski definition) is 0. The predicted octanol–water partition coefficient (Wildman–Crippen LogP) is 19.5. The summed E-state index contributed by atoms with van der Waals surface area (Å²) in [5, 5.41) is 9.17. The van der Waals surface area contributed by atoms with Crippen LogP contribution in [0.15, 0.2) is 291 Å². The maximum atomic E-state index is 7.00. The van der Waals surface area contributed by atoms with Gasteiger partial charge >= 0.3 is 373 Å². The van der Waals surface area contributed by atoms with Crippen LogP contribution in [0.3, 0.4) is 0 Å². The number of benzene rings is 12. The van der Waals surface area contributed by atoms with Crippen molar-refractivity contribution in [2.75, 3.05) is 4.90 Å². The first-order valence-electron chi connectivity index (χ1n) is 31.8. The van der Waals surface area contributed by atoms with Crippen LogP contribution >= 0.6 is 0 Å². The summed E-state index contributed by atoms with van der Waals surface area (Å²) in [6.45, 7) is 16.1. The van der Waals surface area contributed by atoms with Gasteiger partial charge in [-0.1, -0.05) is 68.8 Å². The third kappa shape index (κ3) is 10.2. The van der Waals surface area contributed by atoms with Gasteiger partial charge in [0.15, 0.2) is 0 Å². The second kappa shape index (κ2) is 23.6. The average Bonchev–Trinajstić information content (AvgIpc) is 1.69. The van der Waals surface area contributed by atoms with E-state index in [0.29, 0.717) is 11.5 Å². The molecule has 5 nitrogen and oxygen atoms in total. The topological polar surface area (TPSA) is 35.2 Å². The number of anilines is 2. The number of nitrogens with zero attached hydrogens (tertiary/aromatic N) is 4. The van der Waals surface area contributed by atoms with Crippen LogP contribution in [0.1, 0.15) is 52.7 Å². The molecule has 93 heavy (non-hydrogen) atoms. The molecule has 1 aliphatic rings. The summed E-state index contributed by atoms with van der Waals surface area (Å²) in [5.41, 5.74) is 12.8. The molecule has 0 atom stereocenters. The van der Waals surface area contributed by atoms with Gasteiger partial charge in [-0.15, -0.1) is 17.5 Å². The maximum absolute atomic E-state index is 7.00. The molecule has 0 bridgehead atoms. The second-order valence-corrected chi connectivity index (χ2v) is 34.4. The first-order chi connectivity index (χ1) is 44.9. The second-order valence-electron chi connectivity index (χ2n) is 26.4. The van der Waals surface area contributed by atoms with Crippen molar-refractivity contribution in [3.05, 3.63) is 321 Å². The van der Waals surface area contributed by atoms with E-state index in [1.807, 2.05) is 18.3 Å². The monoisotopic (exact) mass is 1440 g/mol. The quantitative estimate of drug-likeness (QED) is 0.101. The van der Waals surface area contributed by atoms with Gasteiger partial charge in [0.2, 0.25) is 0 Å². The molecular weight excluding hydrogens is 1370 g/mol. The normalized spacial score (nSPS) is 12.4. The Bertz CT molecular complexity index is 5340. The van der Waals surface area contributed by atoms with Crippen molar-refractivity contribution in [3.63, 3.8) is 0 Å². The minimum atomic E-state index is -3.83.